The Morgan fingerprint density at radius 1 is 1.28 bits per heavy atom. The maximum atomic E-state index is 5.97. The van der Waals surface area contributed by atoms with Crippen LogP contribution < -0.4 is 4.74 Å². The summed E-state index contributed by atoms with van der Waals surface area (Å²) in [6, 6.07) is 11.7. The molecule has 0 fully saturated rings. The molecule has 0 aliphatic heterocycles. The number of benzene rings is 1. The van der Waals surface area contributed by atoms with Gasteiger partial charge in [0.2, 0.25) is 5.89 Å². The van der Waals surface area contributed by atoms with E-state index >= 15 is 0 Å². The monoisotopic (exact) mass is 395 g/mol. The average Bonchev–Trinajstić information content (AvgIpc) is 3.14. The fraction of sp³-hybridized carbons (Fsp3) is 0.294. The predicted molar refractivity (Wildman–Crippen MR) is 102 cm³/mol. The highest BCUT2D eigenvalue weighted by Gasteiger charge is 2.10. The molecule has 0 N–H and O–H groups in total. The highest BCUT2D eigenvalue weighted by Crippen LogP contribution is 2.22. The normalized spacial score (nSPS) is 11.2. The minimum absolute atomic E-state index is 0.375. The molecule has 0 aliphatic carbocycles. The van der Waals surface area contributed by atoms with Crippen LogP contribution in [0.4, 0.5) is 0 Å². The quantitative estimate of drug-likeness (QED) is 0.546. The van der Waals surface area contributed by atoms with Gasteiger partial charge >= 0.3 is 0 Å². The molecular weight excluding hydrogens is 378 g/mol. The molecule has 0 spiro atoms. The maximum absolute atomic E-state index is 5.97. The molecule has 2 aromatic heterocycles. The van der Waals surface area contributed by atoms with Gasteiger partial charge in [0, 0.05) is 11.4 Å². The van der Waals surface area contributed by atoms with Gasteiger partial charge in [0.1, 0.15) is 5.75 Å². The van der Waals surface area contributed by atoms with E-state index in [1.165, 1.54) is 4.88 Å². The first kappa shape index (κ1) is 18.1. The van der Waals surface area contributed by atoms with E-state index in [9.17, 15) is 0 Å². The number of hydrogen-bond donors (Lipinski definition) is 0. The van der Waals surface area contributed by atoms with E-state index in [0.717, 1.165) is 22.2 Å². The third-order valence-corrected chi connectivity index (χ3v) is 5.10. The first-order chi connectivity index (χ1) is 12.0. The molecule has 132 valence electrons. The van der Waals surface area contributed by atoms with Crippen molar-refractivity contribution >= 4 is 35.2 Å². The predicted octanol–water partition coefficient (Wildman–Crippen LogP) is 4.61. The lowest BCUT2D eigenvalue weighted by Crippen LogP contribution is -2.22. The van der Waals surface area contributed by atoms with Gasteiger partial charge in [0.25, 0.3) is 4.84 Å². The molecule has 0 aliphatic rings. The SMILES string of the molecule is COc1ccc(Cc2nn(CN(C)Cc3ccc(Cl)s3)c(=S)o2)cc1. The summed E-state index contributed by atoms with van der Waals surface area (Å²) in [4.78, 5) is 3.68. The van der Waals surface area contributed by atoms with Crippen molar-refractivity contribution in [2.75, 3.05) is 14.2 Å². The summed E-state index contributed by atoms with van der Waals surface area (Å²) >= 11 is 12.8. The number of hydrogen-bond acceptors (Lipinski definition) is 6. The summed E-state index contributed by atoms with van der Waals surface area (Å²) in [5.74, 6) is 1.42. The molecule has 2 heterocycles. The Balaban J connectivity index is 1.64. The first-order valence-electron chi connectivity index (χ1n) is 7.66. The van der Waals surface area contributed by atoms with Crippen molar-refractivity contribution in [1.82, 2.24) is 14.7 Å². The number of rotatable bonds is 7. The van der Waals surface area contributed by atoms with Crippen LogP contribution in [0, 0.1) is 4.84 Å². The van der Waals surface area contributed by atoms with E-state index in [1.807, 2.05) is 43.4 Å². The van der Waals surface area contributed by atoms with Gasteiger partial charge in [-0.3, -0.25) is 4.90 Å². The van der Waals surface area contributed by atoms with Crippen molar-refractivity contribution in [2.24, 2.45) is 0 Å². The Labute approximate surface area is 160 Å². The Hall–Kier alpha value is -1.67. The maximum Gasteiger partial charge on any atom is 0.288 e. The van der Waals surface area contributed by atoms with Gasteiger partial charge in [-0.15, -0.1) is 16.4 Å². The first-order valence-corrected chi connectivity index (χ1v) is 9.26. The Morgan fingerprint density at radius 3 is 2.68 bits per heavy atom. The zero-order chi connectivity index (χ0) is 17.8. The Bertz CT molecular complexity index is 886. The van der Waals surface area contributed by atoms with Gasteiger partial charge < -0.3 is 9.15 Å². The molecule has 3 aromatic rings. The molecule has 0 bridgehead atoms. The zero-order valence-corrected chi connectivity index (χ0v) is 16.3. The van der Waals surface area contributed by atoms with Crippen molar-refractivity contribution in [2.45, 2.75) is 19.6 Å². The van der Waals surface area contributed by atoms with Crippen LogP contribution in [0.5, 0.6) is 5.75 Å². The van der Waals surface area contributed by atoms with Crippen molar-refractivity contribution in [3.63, 3.8) is 0 Å². The van der Waals surface area contributed by atoms with Gasteiger partial charge in [-0.2, -0.15) is 0 Å². The average molecular weight is 396 g/mol. The molecule has 0 amide bonds. The number of methoxy groups -OCH3 is 1. The molecule has 3 rings (SSSR count). The molecule has 8 heteroatoms. The lowest BCUT2D eigenvalue weighted by Gasteiger charge is -2.14. The molecule has 0 atom stereocenters. The molecular formula is C17H18ClN3O2S2. The molecule has 25 heavy (non-hydrogen) atoms. The number of nitrogens with zero attached hydrogens (tertiary/aromatic N) is 3. The Morgan fingerprint density at radius 2 is 2.04 bits per heavy atom. The number of ether oxygens (including phenoxy) is 1. The molecule has 0 unspecified atom stereocenters. The number of thiophene rings is 1. The summed E-state index contributed by atoms with van der Waals surface area (Å²) in [5.41, 5.74) is 1.09. The number of aromatic nitrogens is 2. The van der Waals surface area contributed by atoms with Crippen molar-refractivity contribution < 1.29 is 9.15 Å². The van der Waals surface area contributed by atoms with Crippen molar-refractivity contribution in [3.8, 4) is 5.75 Å². The van der Waals surface area contributed by atoms with Crippen LogP contribution in [-0.4, -0.2) is 28.8 Å². The van der Waals surface area contributed by atoms with Gasteiger partial charge in [0.05, 0.1) is 24.5 Å². The van der Waals surface area contributed by atoms with Crippen LogP contribution >= 0.6 is 35.2 Å². The second kappa shape index (κ2) is 8.14. The van der Waals surface area contributed by atoms with Crippen LogP contribution in [-0.2, 0) is 19.6 Å². The summed E-state index contributed by atoms with van der Waals surface area (Å²) in [5, 5.41) is 4.48. The molecule has 0 saturated heterocycles. The second-order valence-electron chi connectivity index (χ2n) is 5.65. The van der Waals surface area contributed by atoms with E-state index in [4.69, 9.17) is 33.0 Å². The van der Waals surface area contributed by atoms with Gasteiger partial charge in [-0.25, -0.2) is 4.68 Å². The lowest BCUT2D eigenvalue weighted by atomic mass is 10.1. The number of halogens is 1. The lowest BCUT2D eigenvalue weighted by molar-refractivity contribution is 0.242. The largest absolute Gasteiger partial charge is 0.497 e. The van der Waals surface area contributed by atoms with Crippen LogP contribution in [0.25, 0.3) is 0 Å². The van der Waals surface area contributed by atoms with Crippen molar-refractivity contribution in [3.05, 3.63) is 61.9 Å². The summed E-state index contributed by atoms with van der Waals surface area (Å²) in [7, 11) is 3.66. The minimum Gasteiger partial charge on any atom is -0.497 e. The molecule has 0 radical (unpaired) electrons. The van der Waals surface area contributed by atoms with E-state index < -0.39 is 0 Å². The standard InChI is InChI=1S/C17H18ClN3O2S2/c1-20(10-14-7-8-15(18)25-14)11-21-17(24)23-16(19-21)9-12-3-5-13(22-2)6-4-12/h3-8H,9-11H2,1-2H3. The highest BCUT2D eigenvalue weighted by atomic mass is 35.5. The summed E-state index contributed by atoms with van der Waals surface area (Å²) < 4.78 is 13.3. The minimum atomic E-state index is 0.375. The van der Waals surface area contributed by atoms with E-state index in [0.29, 0.717) is 23.8 Å². The van der Waals surface area contributed by atoms with E-state index in [-0.39, 0.29) is 0 Å². The molecule has 5 nitrogen and oxygen atoms in total. The van der Waals surface area contributed by atoms with Gasteiger partial charge in [0.15, 0.2) is 0 Å². The van der Waals surface area contributed by atoms with Gasteiger partial charge in [-0.1, -0.05) is 23.7 Å². The second-order valence-corrected chi connectivity index (χ2v) is 7.80. The van der Waals surface area contributed by atoms with Crippen LogP contribution in [0.2, 0.25) is 4.34 Å². The smallest absolute Gasteiger partial charge is 0.288 e. The van der Waals surface area contributed by atoms with Crippen LogP contribution in [0.15, 0.2) is 40.8 Å². The summed E-state index contributed by atoms with van der Waals surface area (Å²) in [6.45, 7) is 1.33. The fourth-order valence-electron chi connectivity index (χ4n) is 2.41. The fourth-order valence-corrected chi connectivity index (χ4v) is 3.77. The summed E-state index contributed by atoms with van der Waals surface area (Å²) in [6.07, 6.45) is 0.588. The zero-order valence-electron chi connectivity index (χ0n) is 13.9. The molecule has 0 saturated carbocycles. The van der Waals surface area contributed by atoms with Crippen LogP contribution in [0.3, 0.4) is 0 Å². The van der Waals surface area contributed by atoms with Gasteiger partial charge in [-0.05, 0) is 49.1 Å². The van der Waals surface area contributed by atoms with E-state index in [2.05, 4.69) is 10.00 Å². The third kappa shape index (κ3) is 4.92. The van der Waals surface area contributed by atoms with E-state index in [1.54, 1.807) is 23.1 Å². The third-order valence-electron chi connectivity index (χ3n) is 3.59. The van der Waals surface area contributed by atoms with Crippen molar-refractivity contribution in [1.29, 1.82) is 0 Å². The highest BCUT2D eigenvalue weighted by molar-refractivity contribution is 7.71. The Kier molecular flexibility index (Phi) is 5.90. The molecule has 1 aromatic carbocycles. The van der Waals surface area contributed by atoms with Crippen LogP contribution in [0.1, 0.15) is 16.3 Å². The topological polar surface area (TPSA) is 43.4 Å².